The molecule has 0 saturated carbocycles. The first-order valence-electron chi connectivity index (χ1n) is 6.26. The summed E-state index contributed by atoms with van der Waals surface area (Å²) in [5.74, 6) is -1.80. The third-order valence-corrected chi connectivity index (χ3v) is 2.43. The number of carboxylic acids is 1. The molecule has 0 heterocycles. The second-order valence-electron chi connectivity index (χ2n) is 4.09. The molecule has 1 aromatic rings. The summed E-state index contributed by atoms with van der Waals surface area (Å²) in [6.45, 7) is 0.414. The van der Waals surface area contributed by atoms with E-state index in [4.69, 9.17) is 5.11 Å². The molecule has 21 heavy (non-hydrogen) atoms. The minimum absolute atomic E-state index is 0.0309. The lowest BCUT2D eigenvalue weighted by Crippen LogP contribution is -2.40. The first kappa shape index (κ1) is 16.4. The van der Waals surface area contributed by atoms with Gasteiger partial charge in [-0.3, -0.25) is 9.59 Å². The standard InChI is InChI=1S/C13H16FN3O4/c14-10-3-1-9(2-4-10)12(20)15-7-8-17-13(21)16-6-5-11(18)19/h1-4H,5-8H2,(H,15,20)(H,18,19)(H2,16,17,21). The van der Waals surface area contributed by atoms with Gasteiger partial charge < -0.3 is 21.1 Å². The van der Waals surface area contributed by atoms with Crippen LogP contribution < -0.4 is 16.0 Å². The number of benzene rings is 1. The summed E-state index contributed by atoms with van der Waals surface area (Å²) in [6, 6.07) is 4.58. The number of urea groups is 1. The number of halogens is 1. The van der Waals surface area contributed by atoms with Crippen LogP contribution in [0.5, 0.6) is 0 Å². The normalized spacial score (nSPS) is 9.76. The molecule has 0 aliphatic heterocycles. The molecule has 8 heteroatoms. The van der Waals surface area contributed by atoms with Crippen LogP contribution in [0.2, 0.25) is 0 Å². The summed E-state index contributed by atoms with van der Waals surface area (Å²) in [5, 5.41) is 15.7. The Morgan fingerprint density at radius 1 is 0.952 bits per heavy atom. The average molecular weight is 297 g/mol. The van der Waals surface area contributed by atoms with Crippen LogP contribution >= 0.6 is 0 Å². The van der Waals surface area contributed by atoms with E-state index in [2.05, 4.69) is 16.0 Å². The fraction of sp³-hybridized carbons (Fsp3) is 0.308. The zero-order valence-electron chi connectivity index (χ0n) is 11.2. The lowest BCUT2D eigenvalue weighted by molar-refractivity contribution is -0.136. The van der Waals surface area contributed by atoms with E-state index >= 15 is 0 Å². The Morgan fingerprint density at radius 2 is 1.52 bits per heavy atom. The number of hydrogen-bond acceptors (Lipinski definition) is 3. The summed E-state index contributed by atoms with van der Waals surface area (Å²) in [4.78, 5) is 33.1. The summed E-state index contributed by atoms with van der Waals surface area (Å²) in [6.07, 6.45) is -0.158. The second-order valence-corrected chi connectivity index (χ2v) is 4.09. The minimum atomic E-state index is -0.998. The number of hydrogen-bond donors (Lipinski definition) is 4. The summed E-state index contributed by atoms with van der Waals surface area (Å²) >= 11 is 0. The SMILES string of the molecule is O=C(O)CCNC(=O)NCCNC(=O)c1ccc(F)cc1. The van der Waals surface area contributed by atoms with Crippen LogP contribution in [0.3, 0.4) is 0 Å². The van der Waals surface area contributed by atoms with Gasteiger partial charge in [-0.05, 0) is 24.3 Å². The largest absolute Gasteiger partial charge is 0.481 e. The molecule has 0 aliphatic carbocycles. The number of carbonyl (C=O) groups excluding carboxylic acids is 2. The topological polar surface area (TPSA) is 108 Å². The maximum atomic E-state index is 12.7. The first-order valence-corrected chi connectivity index (χ1v) is 6.26. The predicted molar refractivity (Wildman–Crippen MR) is 72.4 cm³/mol. The molecule has 7 nitrogen and oxygen atoms in total. The van der Waals surface area contributed by atoms with Gasteiger partial charge in [-0.1, -0.05) is 0 Å². The summed E-state index contributed by atoms with van der Waals surface area (Å²) in [7, 11) is 0. The van der Waals surface area contributed by atoms with Gasteiger partial charge in [-0.2, -0.15) is 0 Å². The van der Waals surface area contributed by atoms with Crippen molar-refractivity contribution in [2.24, 2.45) is 0 Å². The van der Waals surface area contributed by atoms with Gasteiger partial charge in [0.2, 0.25) is 0 Å². The Kier molecular flexibility index (Phi) is 6.66. The van der Waals surface area contributed by atoms with Crippen molar-refractivity contribution in [3.05, 3.63) is 35.6 Å². The highest BCUT2D eigenvalue weighted by molar-refractivity contribution is 5.94. The van der Waals surface area contributed by atoms with E-state index in [9.17, 15) is 18.8 Å². The highest BCUT2D eigenvalue weighted by Gasteiger charge is 2.05. The lowest BCUT2D eigenvalue weighted by Gasteiger charge is -2.08. The number of carboxylic acid groups (broad SMARTS) is 1. The molecule has 0 bridgehead atoms. The molecular formula is C13H16FN3O4. The van der Waals surface area contributed by atoms with Crippen LogP contribution in [0.4, 0.5) is 9.18 Å². The van der Waals surface area contributed by atoms with Crippen molar-refractivity contribution >= 4 is 17.9 Å². The zero-order valence-corrected chi connectivity index (χ0v) is 11.2. The van der Waals surface area contributed by atoms with Crippen LogP contribution in [0.25, 0.3) is 0 Å². The maximum Gasteiger partial charge on any atom is 0.314 e. The van der Waals surface area contributed by atoms with E-state index < -0.39 is 17.8 Å². The van der Waals surface area contributed by atoms with Crippen LogP contribution in [0.1, 0.15) is 16.8 Å². The van der Waals surface area contributed by atoms with Crippen molar-refractivity contribution in [1.29, 1.82) is 0 Å². The molecule has 0 fully saturated rings. The molecule has 0 atom stereocenters. The van der Waals surface area contributed by atoms with Crippen molar-refractivity contribution in [2.45, 2.75) is 6.42 Å². The van der Waals surface area contributed by atoms with Crippen LogP contribution in [-0.4, -0.2) is 42.6 Å². The number of rotatable bonds is 7. The Labute approximate surface area is 120 Å². The van der Waals surface area contributed by atoms with E-state index in [-0.39, 0.29) is 32.0 Å². The Hall–Kier alpha value is -2.64. The highest BCUT2D eigenvalue weighted by Crippen LogP contribution is 2.01. The number of carbonyl (C=O) groups is 3. The Morgan fingerprint density at radius 3 is 2.14 bits per heavy atom. The molecule has 0 aliphatic rings. The average Bonchev–Trinajstić information content (AvgIpc) is 2.43. The number of amides is 3. The Bertz CT molecular complexity index is 505. The van der Waals surface area contributed by atoms with Crippen molar-refractivity contribution in [2.75, 3.05) is 19.6 Å². The molecular weight excluding hydrogens is 281 g/mol. The van der Waals surface area contributed by atoms with E-state index in [1.165, 1.54) is 24.3 Å². The molecule has 1 aromatic carbocycles. The quantitative estimate of drug-likeness (QED) is 0.544. The summed E-state index contributed by atoms with van der Waals surface area (Å²) < 4.78 is 12.7. The smallest absolute Gasteiger partial charge is 0.314 e. The van der Waals surface area contributed by atoms with E-state index in [1.54, 1.807) is 0 Å². The maximum absolute atomic E-state index is 12.7. The van der Waals surface area contributed by atoms with Crippen LogP contribution in [-0.2, 0) is 4.79 Å². The molecule has 0 saturated heterocycles. The van der Waals surface area contributed by atoms with Crippen molar-refractivity contribution < 1.29 is 23.9 Å². The van der Waals surface area contributed by atoms with Gasteiger partial charge in [0.25, 0.3) is 5.91 Å². The Balaban J connectivity index is 2.16. The first-order chi connectivity index (χ1) is 9.99. The fourth-order valence-electron chi connectivity index (χ4n) is 1.40. The van der Waals surface area contributed by atoms with Gasteiger partial charge in [-0.25, -0.2) is 9.18 Å². The lowest BCUT2D eigenvalue weighted by atomic mass is 10.2. The molecule has 114 valence electrons. The van der Waals surface area contributed by atoms with Crippen LogP contribution in [0.15, 0.2) is 24.3 Å². The molecule has 1 rings (SSSR count). The third-order valence-electron chi connectivity index (χ3n) is 2.43. The second kappa shape index (κ2) is 8.51. The van der Waals surface area contributed by atoms with E-state index in [0.717, 1.165) is 0 Å². The van der Waals surface area contributed by atoms with E-state index in [1.807, 2.05) is 0 Å². The molecule has 4 N–H and O–H groups in total. The number of nitrogens with one attached hydrogen (secondary N) is 3. The van der Waals surface area contributed by atoms with Gasteiger partial charge in [0.05, 0.1) is 6.42 Å². The van der Waals surface area contributed by atoms with Crippen molar-refractivity contribution in [3.8, 4) is 0 Å². The molecule has 0 radical (unpaired) electrons. The molecule has 3 amide bonds. The molecule has 0 spiro atoms. The summed E-state index contributed by atoms with van der Waals surface area (Å²) in [5.41, 5.74) is 0.322. The van der Waals surface area contributed by atoms with Gasteiger partial charge >= 0.3 is 12.0 Å². The predicted octanol–water partition coefficient (Wildman–Crippen LogP) is 0.329. The van der Waals surface area contributed by atoms with Crippen molar-refractivity contribution in [3.63, 3.8) is 0 Å². The van der Waals surface area contributed by atoms with Gasteiger partial charge in [0.1, 0.15) is 5.82 Å². The van der Waals surface area contributed by atoms with E-state index in [0.29, 0.717) is 5.56 Å². The van der Waals surface area contributed by atoms with Crippen LogP contribution in [0, 0.1) is 5.82 Å². The fourth-order valence-corrected chi connectivity index (χ4v) is 1.40. The van der Waals surface area contributed by atoms with Gasteiger partial charge in [0, 0.05) is 25.2 Å². The molecule has 0 aromatic heterocycles. The minimum Gasteiger partial charge on any atom is -0.481 e. The highest BCUT2D eigenvalue weighted by atomic mass is 19.1. The number of aliphatic carboxylic acids is 1. The van der Waals surface area contributed by atoms with Gasteiger partial charge in [-0.15, -0.1) is 0 Å². The molecule has 0 unspecified atom stereocenters. The van der Waals surface area contributed by atoms with Crippen molar-refractivity contribution in [1.82, 2.24) is 16.0 Å². The zero-order chi connectivity index (χ0) is 15.7. The monoisotopic (exact) mass is 297 g/mol. The van der Waals surface area contributed by atoms with Gasteiger partial charge in [0.15, 0.2) is 0 Å². The third kappa shape index (κ3) is 6.90.